The van der Waals surface area contributed by atoms with Crippen LogP contribution in [-0.2, 0) is 9.53 Å². The highest BCUT2D eigenvalue weighted by Crippen LogP contribution is 2.36. The van der Waals surface area contributed by atoms with Gasteiger partial charge in [-0.2, -0.15) is 0 Å². The van der Waals surface area contributed by atoms with Gasteiger partial charge in [0.15, 0.2) is 5.82 Å². The second-order valence-corrected chi connectivity index (χ2v) is 14.1. The number of amides is 2. The first-order valence-corrected chi connectivity index (χ1v) is 17.0. The lowest BCUT2D eigenvalue weighted by Gasteiger charge is -2.42. The average Bonchev–Trinajstić information content (AvgIpc) is 3.50. The molecule has 4 heterocycles. The molecule has 1 fully saturated rings. The summed E-state index contributed by atoms with van der Waals surface area (Å²) in [5.74, 6) is -0.878. The van der Waals surface area contributed by atoms with E-state index in [2.05, 4.69) is 21.3 Å². The van der Waals surface area contributed by atoms with Crippen LogP contribution in [0.15, 0.2) is 64.9 Å². The zero-order chi connectivity index (χ0) is 34.9. The van der Waals surface area contributed by atoms with E-state index in [0.29, 0.717) is 36.9 Å². The largest absolute Gasteiger partial charge is 0.444 e. The number of aromatic nitrogens is 2. The van der Waals surface area contributed by atoms with Gasteiger partial charge in [-0.25, -0.2) is 14.2 Å². The van der Waals surface area contributed by atoms with E-state index in [4.69, 9.17) is 27.9 Å². The minimum atomic E-state index is -0.721. The molecule has 1 aromatic heterocycles. The summed E-state index contributed by atoms with van der Waals surface area (Å²) in [7, 11) is 0. The van der Waals surface area contributed by atoms with Crippen molar-refractivity contribution in [2.24, 2.45) is 0 Å². The third kappa shape index (κ3) is 7.63. The van der Waals surface area contributed by atoms with Crippen LogP contribution < -0.4 is 31.7 Å². The van der Waals surface area contributed by atoms with E-state index >= 15 is 4.39 Å². The molecule has 12 nitrogen and oxygen atoms in total. The maximum absolute atomic E-state index is 15.5. The van der Waals surface area contributed by atoms with Crippen molar-refractivity contribution in [2.75, 3.05) is 36.1 Å². The smallest absolute Gasteiger partial charge is 0.410 e. The molecule has 1 saturated heterocycles. The van der Waals surface area contributed by atoms with E-state index in [0.717, 1.165) is 30.5 Å². The Morgan fingerprint density at radius 2 is 1.86 bits per heavy atom. The van der Waals surface area contributed by atoms with E-state index in [1.165, 1.54) is 29.7 Å². The number of fused-ring (bicyclic) bond motifs is 4. The average molecular weight is 714 g/mol. The number of ether oxygens (including phenoxy) is 1. The van der Waals surface area contributed by atoms with Gasteiger partial charge in [0.05, 0.1) is 47.1 Å². The molecule has 3 N–H and O–H groups in total. The zero-order valence-corrected chi connectivity index (χ0v) is 29.0. The van der Waals surface area contributed by atoms with Crippen LogP contribution in [0.25, 0.3) is 11.3 Å². The van der Waals surface area contributed by atoms with Gasteiger partial charge in [0, 0.05) is 31.4 Å². The van der Waals surface area contributed by atoms with Gasteiger partial charge in [-0.1, -0.05) is 48.2 Å². The summed E-state index contributed by atoms with van der Waals surface area (Å²) < 4.78 is 22.7. The van der Waals surface area contributed by atoms with E-state index in [1.807, 2.05) is 49.9 Å². The monoisotopic (exact) mass is 712 g/mol. The summed E-state index contributed by atoms with van der Waals surface area (Å²) in [6.07, 6.45) is 5.51. The molecular weight excluding hydrogens is 674 g/mol. The minimum absolute atomic E-state index is 0.0411. The van der Waals surface area contributed by atoms with E-state index < -0.39 is 23.6 Å². The third-order valence-corrected chi connectivity index (χ3v) is 9.16. The number of nitrogens with zero attached hydrogens (tertiary/aromatic N) is 5. The Balaban J connectivity index is 1.34. The number of rotatable bonds is 3. The van der Waals surface area contributed by atoms with E-state index in [9.17, 15) is 14.4 Å². The highest BCUT2D eigenvalue weighted by Gasteiger charge is 2.36. The van der Waals surface area contributed by atoms with E-state index in [-0.39, 0.29) is 40.3 Å². The molecule has 0 spiro atoms. The number of hydrazine groups is 2. The maximum atomic E-state index is 15.5. The van der Waals surface area contributed by atoms with Crippen LogP contribution in [0.2, 0.25) is 5.02 Å². The summed E-state index contributed by atoms with van der Waals surface area (Å²) >= 11 is 12.2. The van der Waals surface area contributed by atoms with Gasteiger partial charge in [-0.3, -0.25) is 24.6 Å². The van der Waals surface area contributed by atoms with Crippen LogP contribution in [0.1, 0.15) is 58.1 Å². The molecule has 3 aliphatic rings. The molecule has 3 aliphatic heterocycles. The summed E-state index contributed by atoms with van der Waals surface area (Å²) in [5.41, 5.74) is 6.70. The topological polar surface area (TPSA) is 124 Å². The Morgan fingerprint density at radius 3 is 2.59 bits per heavy atom. The first-order chi connectivity index (χ1) is 23.4. The van der Waals surface area contributed by atoms with Crippen LogP contribution >= 0.6 is 23.2 Å². The van der Waals surface area contributed by atoms with Crippen LogP contribution in [-0.4, -0.2) is 64.3 Å². The number of piperazine rings is 1. The molecule has 2 aromatic carbocycles. The van der Waals surface area contributed by atoms with Crippen molar-refractivity contribution in [1.29, 1.82) is 0 Å². The quantitative estimate of drug-likeness (QED) is 0.312. The Labute approximate surface area is 293 Å². The van der Waals surface area contributed by atoms with Crippen molar-refractivity contribution in [3.05, 3.63) is 86.9 Å². The Kier molecular flexibility index (Phi) is 10.0. The molecule has 2 amide bonds. The fourth-order valence-electron chi connectivity index (χ4n) is 6.34. The predicted molar refractivity (Wildman–Crippen MR) is 187 cm³/mol. The number of halogens is 3. The van der Waals surface area contributed by atoms with Gasteiger partial charge in [0.2, 0.25) is 5.91 Å². The number of hydrogen-bond donors (Lipinski definition) is 3. The van der Waals surface area contributed by atoms with Crippen molar-refractivity contribution in [1.82, 2.24) is 30.7 Å². The van der Waals surface area contributed by atoms with Gasteiger partial charge in [0.25, 0.3) is 5.56 Å². The third-order valence-electron chi connectivity index (χ3n) is 8.67. The molecule has 2 bridgehead atoms. The van der Waals surface area contributed by atoms with Crippen LogP contribution in [0, 0.1) is 5.82 Å². The summed E-state index contributed by atoms with van der Waals surface area (Å²) in [5, 5.41) is 4.71. The highest BCUT2D eigenvalue weighted by molar-refractivity contribution is 6.31. The molecule has 6 rings (SSSR count). The minimum Gasteiger partial charge on any atom is -0.444 e. The van der Waals surface area contributed by atoms with Crippen molar-refractivity contribution < 1.29 is 18.7 Å². The van der Waals surface area contributed by atoms with Gasteiger partial charge in [-0.05, 0) is 63.4 Å². The second kappa shape index (κ2) is 14.3. The summed E-state index contributed by atoms with van der Waals surface area (Å²) in [6.45, 7) is 6.89. The second-order valence-electron chi connectivity index (χ2n) is 13.2. The zero-order valence-electron chi connectivity index (χ0n) is 27.5. The molecule has 3 aromatic rings. The van der Waals surface area contributed by atoms with Gasteiger partial charge in [0.1, 0.15) is 16.8 Å². The molecule has 0 aliphatic carbocycles. The fourth-order valence-corrected chi connectivity index (χ4v) is 6.64. The van der Waals surface area contributed by atoms with Crippen molar-refractivity contribution in [3.8, 4) is 11.3 Å². The lowest BCUT2D eigenvalue weighted by Crippen LogP contribution is -2.60. The SMILES string of the molecule is CC(C)(C)OC(=O)N1CCN2c3cccc(c3)[C@@H](n3cnc(-c4c(N5C=C(Cl)NN5)ccc(Cl)c4F)cc3=O)CCCCCNC(=O)[C@H]2C1. The predicted octanol–water partition coefficient (Wildman–Crippen LogP) is 5.28. The van der Waals surface area contributed by atoms with Gasteiger partial charge in [-0.15, -0.1) is 5.53 Å². The van der Waals surface area contributed by atoms with Gasteiger partial charge >= 0.3 is 6.09 Å². The van der Waals surface area contributed by atoms with Crippen molar-refractivity contribution in [2.45, 2.75) is 64.1 Å². The Hall–Kier alpha value is -4.33. The molecular formula is C34H39Cl2FN8O4. The standard InChI is InChI=1S/C34H39Cl2FN8O4/c1-34(2,3)49-33(48)42-14-15-43-22-9-7-8-21(16-22)25(10-5-4-6-13-38-32(47)27(43)18-42)44-20-39-24(17-29(44)46)30-26(12-11-23(35)31(30)37)45-19-28(36)40-41-45/h7-9,11-12,16-17,19-20,25,27,40-41H,4-6,10,13-15,18H2,1-3H3,(H,38,47)/t25-,27+/m0/s1. The number of benzene rings is 2. The number of carbonyl (C=O) groups is 2. The highest BCUT2D eigenvalue weighted by atomic mass is 35.5. The molecule has 0 unspecified atom stereocenters. The number of carbonyl (C=O) groups excluding carboxylic acids is 2. The molecule has 260 valence electrons. The Morgan fingerprint density at radius 1 is 1.04 bits per heavy atom. The fraction of sp³-hybridized carbons (Fsp3) is 0.412. The number of nitrogens with one attached hydrogen (secondary N) is 3. The Bertz CT molecular complexity index is 1830. The molecule has 0 saturated carbocycles. The van der Waals surface area contributed by atoms with Crippen LogP contribution in [0.3, 0.4) is 0 Å². The number of hydrogen-bond acceptors (Lipinski definition) is 9. The van der Waals surface area contributed by atoms with Crippen molar-refractivity contribution >= 4 is 46.6 Å². The lowest BCUT2D eigenvalue weighted by atomic mass is 9.98. The molecule has 2 atom stereocenters. The first-order valence-electron chi connectivity index (χ1n) is 16.3. The summed E-state index contributed by atoms with van der Waals surface area (Å²) in [4.78, 5) is 48.5. The summed E-state index contributed by atoms with van der Waals surface area (Å²) in [6, 6.07) is 11.1. The van der Waals surface area contributed by atoms with Crippen molar-refractivity contribution in [3.63, 3.8) is 0 Å². The molecule has 0 radical (unpaired) electrons. The maximum Gasteiger partial charge on any atom is 0.410 e. The first kappa shape index (κ1) is 34.5. The molecule has 49 heavy (non-hydrogen) atoms. The molecule has 15 heteroatoms. The normalized spacial score (nSPS) is 20.2. The van der Waals surface area contributed by atoms with Crippen LogP contribution in [0.4, 0.5) is 20.6 Å². The van der Waals surface area contributed by atoms with E-state index in [1.54, 1.807) is 15.5 Å². The van der Waals surface area contributed by atoms with Crippen LogP contribution in [0.5, 0.6) is 0 Å². The van der Waals surface area contributed by atoms with Gasteiger partial charge < -0.3 is 19.9 Å². The number of anilines is 2. The lowest BCUT2D eigenvalue weighted by molar-refractivity contribution is -0.123.